The van der Waals surface area contributed by atoms with Crippen molar-refractivity contribution >= 4 is 0 Å². The second-order valence-electron chi connectivity index (χ2n) is 4.69. The van der Waals surface area contributed by atoms with Gasteiger partial charge in [0, 0.05) is 5.56 Å². The Balaban J connectivity index is 3.02. The molecule has 0 aliphatic rings. The van der Waals surface area contributed by atoms with Crippen molar-refractivity contribution < 1.29 is 9.84 Å². The second-order valence-corrected chi connectivity index (χ2v) is 4.69. The molecule has 1 aromatic carbocycles. The van der Waals surface area contributed by atoms with Crippen LogP contribution < -0.4 is 4.74 Å². The average molecular weight is 222 g/mol. The van der Waals surface area contributed by atoms with E-state index in [0.717, 1.165) is 24.2 Å². The van der Waals surface area contributed by atoms with Crippen molar-refractivity contribution in [1.82, 2.24) is 0 Å². The highest BCUT2D eigenvalue weighted by molar-refractivity contribution is 5.37. The molecule has 1 N–H and O–H groups in total. The third kappa shape index (κ3) is 3.24. The maximum absolute atomic E-state index is 10.4. The molecule has 1 rings (SSSR count). The summed E-state index contributed by atoms with van der Waals surface area (Å²) in [5.74, 6) is 0.788. The Kier molecular flexibility index (Phi) is 4.36. The van der Waals surface area contributed by atoms with Crippen molar-refractivity contribution in [3.63, 3.8) is 0 Å². The van der Waals surface area contributed by atoms with Gasteiger partial charge in [-0.15, -0.1) is 0 Å². The lowest BCUT2D eigenvalue weighted by Gasteiger charge is -2.26. The van der Waals surface area contributed by atoms with Crippen molar-refractivity contribution in [1.29, 1.82) is 0 Å². The van der Waals surface area contributed by atoms with Crippen LogP contribution >= 0.6 is 0 Å². The van der Waals surface area contributed by atoms with Crippen LogP contribution in [-0.2, 0) is 5.60 Å². The number of para-hydroxylation sites is 1. The quantitative estimate of drug-likeness (QED) is 0.826. The number of hydrogen-bond acceptors (Lipinski definition) is 2. The van der Waals surface area contributed by atoms with Gasteiger partial charge in [-0.3, -0.25) is 0 Å². The zero-order valence-electron chi connectivity index (χ0n) is 10.7. The minimum Gasteiger partial charge on any atom is -0.491 e. The Morgan fingerprint density at radius 1 is 1.31 bits per heavy atom. The molecule has 0 bridgehead atoms. The Labute approximate surface area is 98.3 Å². The van der Waals surface area contributed by atoms with Gasteiger partial charge in [0.15, 0.2) is 0 Å². The molecule has 0 aliphatic carbocycles. The molecule has 0 unspecified atom stereocenters. The maximum Gasteiger partial charge on any atom is 0.125 e. The van der Waals surface area contributed by atoms with Gasteiger partial charge >= 0.3 is 0 Å². The SMILES string of the molecule is CCC[C@](C)(O)c1ccccc1OC(C)C. The molecule has 0 fully saturated rings. The molecule has 1 atom stereocenters. The molecular weight excluding hydrogens is 200 g/mol. The number of ether oxygens (including phenoxy) is 1. The summed E-state index contributed by atoms with van der Waals surface area (Å²) in [7, 11) is 0. The Morgan fingerprint density at radius 3 is 2.50 bits per heavy atom. The summed E-state index contributed by atoms with van der Waals surface area (Å²) >= 11 is 0. The fraction of sp³-hybridized carbons (Fsp3) is 0.571. The van der Waals surface area contributed by atoms with E-state index in [4.69, 9.17) is 4.74 Å². The van der Waals surface area contributed by atoms with Crippen LogP contribution in [0.3, 0.4) is 0 Å². The second kappa shape index (κ2) is 5.35. The van der Waals surface area contributed by atoms with Crippen molar-refractivity contribution in [2.45, 2.75) is 52.2 Å². The Morgan fingerprint density at radius 2 is 1.94 bits per heavy atom. The van der Waals surface area contributed by atoms with Crippen LogP contribution in [0, 0.1) is 0 Å². The Bertz CT molecular complexity index is 329. The first-order valence-corrected chi connectivity index (χ1v) is 5.96. The molecule has 1 aromatic rings. The maximum atomic E-state index is 10.4. The first kappa shape index (κ1) is 13.0. The predicted molar refractivity (Wildman–Crippen MR) is 66.7 cm³/mol. The number of aliphatic hydroxyl groups is 1. The fourth-order valence-corrected chi connectivity index (χ4v) is 1.89. The fourth-order valence-electron chi connectivity index (χ4n) is 1.89. The van der Waals surface area contributed by atoms with Crippen LogP contribution in [0.2, 0.25) is 0 Å². The van der Waals surface area contributed by atoms with E-state index in [-0.39, 0.29) is 6.10 Å². The number of hydrogen-bond donors (Lipinski definition) is 1. The van der Waals surface area contributed by atoms with E-state index in [0.29, 0.717) is 0 Å². The van der Waals surface area contributed by atoms with E-state index in [2.05, 4.69) is 6.92 Å². The molecule has 90 valence electrons. The summed E-state index contributed by atoms with van der Waals surface area (Å²) < 4.78 is 5.72. The third-order valence-corrected chi connectivity index (χ3v) is 2.57. The number of rotatable bonds is 5. The van der Waals surface area contributed by atoms with Gasteiger partial charge in [-0.2, -0.15) is 0 Å². The first-order chi connectivity index (χ1) is 7.47. The van der Waals surface area contributed by atoms with E-state index in [1.807, 2.05) is 45.0 Å². The molecule has 0 radical (unpaired) electrons. The average Bonchev–Trinajstić information content (AvgIpc) is 2.17. The lowest BCUT2D eigenvalue weighted by Crippen LogP contribution is -2.22. The van der Waals surface area contributed by atoms with Crippen molar-refractivity contribution in [2.75, 3.05) is 0 Å². The van der Waals surface area contributed by atoms with Crippen molar-refractivity contribution in [2.24, 2.45) is 0 Å². The summed E-state index contributed by atoms with van der Waals surface area (Å²) in [6.07, 6.45) is 1.81. The molecule has 0 spiro atoms. The molecular formula is C14H22O2. The van der Waals surface area contributed by atoms with Gasteiger partial charge in [-0.1, -0.05) is 31.5 Å². The van der Waals surface area contributed by atoms with Crippen LogP contribution in [0.1, 0.15) is 46.1 Å². The van der Waals surface area contributed by atoms with Crippen molar-refractivity contribution in [3.8, 4) is 5.75 Å². The molecule has 2 nitrogen and oxygen atoms in total. The molecule has 0 saturated carbocycles. The van der Waals surface area contributed by atoms with Crippen LogP contribution in [0.4, 0.5) is 0 Å². The van der Waals surface area contributed by atoms with E-state index in [1.54, 1.807) is 0 Å². The Hall–Kier alpha value is -1.02. The summed E-state index contributed by atoms with van der Waals surface area (Å²) in [5, 5.41) is 10.4. The summed E-state index contributed by atoms with van der Waals surface area (Å²) in [6.45, 7) is 7.90. The molecule has 0 aromatic heterocycles. The van der Waals surface area contributed by atoms with Gasteiger partial charge in [0.1, 0.15) is 5.75 Å². The number of benzene rings is 1. The van der Waals surface area contributed by atoms with Gasteiger partial charge in [0.2, 0.25) is 0 Å². The van der Waals surface area contributed by atoms with Crippen molar-refractivity contribution in [3.05, 3.63) is 29.8 Å². The molecule has 16 heavy (non-hydrogen) atoms. The predicted octanol–water partition coefficient (Wildman–Crippen LogP) is 3.48. The normalized spacial score (nSPS) is 14.9. The minimum atomic E-state index is -0.805. The largest absolute Gasteiger partial charge is 0.491 e. The van der Waals surface area contributed by atoms with E-state index >= 15 is 0 Å². The van der Waals surface area contributed by atoms with Gasteiger partial charge in [-0.05, 0) is 33.3 Å². The van der Waals surface area contributed by atoms with E-state index in [9.17, 15) is 5.11 Å². The molecule has 0 heterocycles. The highest BCUT2D eigenvalue weighted by Crippen LogP contribution is 2.33. The standard InChI is InChI=1S/C14H22O2/c1-5-10-14(4,15)12-8-6-7-9-13(12)16-11(2)3/h6-9,11,15H,5,10H2,1-4H3/t14-/m0/s1. The van der Waals surface area contributed by atoms with Crippen LogP contribution in [-0.4, -0.2) is 11.2 Å². The van der Waals surface area contributed by atoms with Gasteiger partial charge in [0.25, 0.3) is 0 Å². The van der Waals surface area contributed by atoms with Crippen LogP contribution in [0.5, 0.6) is 5.75 Å². The van der Waals surface area contributed by atoms with Crippen LogP contribution in [0.25, 0.3) is 0 Å². The van der Waals surface area contributed by atoms with Gasteiger partial charge in [-0.25, -0.2) is 0 Å². The molecule has 0 aliphatic heterocycles. The van der Waals surface area contributed by atoms with E-state index < -0.39 is 5.60 Å². The lowest BCUT2D eigenvalue weighted by molar-refractivity contribution is 0.0427. The molecule has 2 heteroatoms. The van der Waals surface area contributed by atoms with E-state index in [1.165, 1.54) is 0 Å². The smallest absolute Gasteiger partial charge is 0.125 e. The monoisotopic (exact) mass is 222 g/mol. The highest BCUT2D eigenvalue weighted by Gasteiger charge is 2.25. The molecule has 0 amide bonds. The lowest BCUT2D eigenvalue weighted by atomic mass is 9.90. The zero-order valence-corrected chi connectivity index (χ0v) is 10.7. The minimum absolute atomic E-state index is 0.124. The first-order valence-electron chi connectivity index (χ1n) is 5.96. The summed E-state index contributed by atoms with van der Waals surface area (Å²) in [5.41, 5.74) is 0.0748. The van der Waals surface area contributed by atoms with Gasteiger partial charge < -0.3 is 9.84 Å². The topological polar surface area (TPSA) is 29.5 Å². The summed E-state index contributed by atoms with van der Waals surface area (Å²) in [4.78, 5) is 0. The highest BCUT2D eigenvalue weighted by atomic mass is 16.5. The van der Waals surface area contributed by atoms with Gasteiger partial charge in [0.05, 0.1) is 11.7 Å². The third-order valence-electron chi connectivity index (χ3n) is 2.57. The zero-order chi connectivity index (χ0) is 12.2. The molecule has 0 saturated heterocycles. The summed E-state index contributed by atoms with van der Waals surface area (Å²) in [6, 6.07) is 7.72. The van der Waals surface area contributed by atoms with Crippen LogP contribution in [0.15, 0.2) is 24.3 Å².